The maximum Gasteiger partial charge on any atom is 0.183 e. The van der Waals surface area contributed by atoms with Gasteiger partial charge in [0, 0.05) is 16.1 Å². The van der Waals surface area contributed by atoms with E-state index in [1.54, 1.807) is 0 Å². The minimum absolute atomic E-state index is 0.640. The summed E-state index contributed by atoms with van der Waals surface area (Å²) in [4.78, 5) is 4.74. The van der Waals surface area contributed by atoms with Crippen molar-refractivity contribution in [2.75, 3.05) is 0 Å². The van der Waals surface area contributed by atoms with Crippen molar-refractivity contribution in [1.82, 2.24) is 19.6 Å². The van der Waals surface area contributed by atoms with Gasteiger partial charge in [-0.05, 0) is 42.8 Å². The van der Waals surface area contributed by atoms with Crippen LogP contribution in [0.3, 0.4) is 0 Å². The van der Waals surface area contributed by atoms with Crippen molar-refractivity contribution in [3.05, 3.63) is 82.5 Å². The van der Waals surface area contributed by atoms with Gasteiger partial charge in [-0.15, -0.1) is 10.2 Å². The van der Waals surface area contributed by atoms with Crippen molar-refractivity contribution in [1.29, 1.82) is 0 Å². The number of hydrogen-bond donors (Lipinski definition) is 0. The number of halogens is 2. The molecule has 0 amide bonds. The minimum atomic E-state index is 0.640. The van der Waals surface area contributed by atoms with Crippen molar-refractivity contribution in [2.45, 2.75) is 6.92 Å². The van der Waals surface area contributed by atoms with Gasteiger partial charge in [0.05, 0.1) is 16.2 Å². The zero-order valence-corrected chi connectivity index (χ0v) is 16.4. The standard InChI is InChI=1S/C22H14Cl2N4/c1-13-21-27-26-19-11-10-14(15-6-2-4-8-17(15)23)12-20(19)28(21)22(25-13)16-7-3-5-9-18(16)24/h2-12H,1H3. The van der Waals surface area contributed by atoms with Crippen LogP contribution >= 0.6 is 23.2 Å². The lowest BCUT2D eigenvalue weighted by Crippen LogP contribution is -1.98. The van der Waals surface area contributed by atoms with Gasteiger partial charge in [0.2, 0.25) is 0 Å². The third-order valence-electron chi connectivity index (χ3n) is 4.79. The lowest BCUT2D eigenvalue weighted by Gasteiger charge is -2.09. The molecule has 6 heteroatoms. The van der Waals surface area contributed by atoms with Crippen LogP contribution in [0.4, 0.5) is 0 Å². The molecular formula is C22H14Cl2N4. The van der Waals surface area contributed by atoms with E-state index >= 15 is 0 Å². The molecule has 4 nitrogen and oxygen atoms in total. The Morgan fingerprint density at radius 2 is 1.46 bits per heavy atom. The molecule has 0 radical (unpaired) electrons. The van der Waals surface area contributed by atoms with Gasteiger partial charge in [-0.3, -0.25) is 4.40 Å². The molecule has 0 unspecified atom stereocenters. The van der Waals surface area contributed by atoms with Crippen LogP contribution in [0.5, 0.6) is 0 Å². The Kier molecular flexibility index (Phi) is 4.04. The third kappa shape index (κ3) is 2.65. The van der Waals surface area contributed by atoms with E-state index in [1.807, 2.05) is 72.0 Å². The molecule has 2 heterocycles. The number of nitrogens with zero attached hydrogens (tertiary/aromatic N) is 4. The van der Waals surface area contributed by atoms with Gasteiger partial charge >= 0.3 is 0 Å². The number of aryl methyl sites for hydroxylation is 1. The first-order valence-electron chi connectivity index (χ1n) is 8.79. The van der Waals surface area contributed by atoms with Gasteiger partial charge in [-0.1, -0.05) is 59.6 Å². The smallest absolute Gasteiger partial charge is 0.183 e. The summed E-state index contributed by atoms with van der Waals surface area (Å²) in [6.45, 7) is 1.92. The van der Waals surface area contributed by atoms with Crippen molar-refractivity contribution in [2.24, 2.45) is 0 Å². The Bertz CT molecular complexity index is 1360. The van der Waals surface area contributed by atoms with E-state index in [0.29, 0.717) is 15.7 Å². The van der Waals surface area contributed by atoms with Gasteiger partial charge in [-0.25, -0.2) is 4.98 Å². The second kappa shape index (κ2) is 6.59. The molecule has 0 saturated carbocycles. The summed E-state index contributed by atoms with van der Waals surface area (Å²) >= 11 is 12.9. The largest absolute Gasteiger partial charge is 0.273 e. The predicted molar refractivity (Wildman–Crippen MR) is 114 cm³/mol. The lowest BCUT2D eigenvalue weighted by molar-refractivity contribution is 1.04. The van der Waals surface area contributed by atoms with Crippen LogP contribution < -0.4 is 0 Å². The van der Waals surface area contributed by atoms with E-state index in [4.69, 9.17) is 28.2 Å². The van der Waals surface area contributed by atoms with Crippen LogP contribution in [-0.4, -0.2) is 19.6 Å². The second-order valence-corrected chi connectivity index (χ2v) is 7.36. The maximum atomic E-state index is 6.46. The van der Waals surface area contributed by atoms with E-state index < -0.39 is 0 Å². The Morgan fingerprint density at radius 1 is 0.786 bits per heavy atom. The summed E-state index contributed by atoms with van der Waals surface area (Å²) in [5.74, 6) is 0.745. The summed E-state index contributed by atoms with van der Waals surface area (Å²) in [5, 5.41) is 10.1. The Hall–Kier alpha value is -2.95. The average Bonchev–Trinajstić information content (AvgIpc) is 3.05. The Balaban J connectivity index is 1.87. The molecule has 136 valence electrons. The summed E-state index contributed by atoms with van der Waals surface area (Å²) in [6, 6.07) is 21.5. The highest BCUT2D eigenvalue weighted by Crippen LogP contribution is 2.33. The molecule has 0 spiro atoms. The number of benzene rings is 3. The summed E-state index contributed by atoms with van der Waals surface area (Å²) < 4.78 is 2.01. The van der Waals surface area contributed by atoms with Crippen LogP contribution in [0, 0.1) is 6.92 Å². The molecule has 0 N–H and O–H groups in total. The van der Waals surface area contributed by atoms with E-state index in [1.165, 1.54) is 0 Å². The third-order valence-corrected chi connectivity index (χ3v) is 5.45. The number of rotatable bonds is 2. The van der Waals surface area contributed by atoms with Gasteiger partial charge in [0.1, 0.15) is 11.3 Å². The minimum Gasteiger partial charge on any atom is -0.273 e. The van der Waals surface area contributed by atoms with Crippen LogP contribution in [-0.2, 0) is 0 Å². The Labute approximate surface area is 171 Å². The van der Waals surface area contributed by atoms with Crippen LogP contribution in [0.25, 0.3) is 39.2 Å². The molecule has 0 aliphatic heterocycles. The molecule has 5 rings (SSSR count). The highest BCUT2D eigenvalue weighted by atomic mass is 35.5. The topological polar surface area (TPSA) is 43.1 Å². The molecular weight excluding hydrogens is 391 g/mol. The second-order valence-electron chi connectivity index (χ2n) is 6.54. The molecule has 5 aromatic rings. The molecule has 0 atom stereocenters. The van der Waals surface area contributed by atoms with E-state index in [-0.39, 0.29) is 0 Å². The van der Waals surface area contributed by atoms with Crippen LogP contribution in [0.15, 0.2) is 66.7 Å². The average molecular weight is 405 g/mol. The zero-order chi connectivity index (χ0) is 19.3. The molecule has 0 aliphatic rings. The Morgan fingerprint density at radius 3 is 2.18 bits per heavy atom. The highest BCUT2D eigenvalue weighted by molar-refractivity contribution is 6.33. The first kappa shape index (κ1) is 17.2. The summed E-state index contributed by atoms with van der Waals surface area (Å²) in [5.41, 5.74) is 6.00. The molecule has 0 fully saturated rings. The van der Waals surface area contributed by atoms with Crippen LogP contribution in [0.1, 0.15) is 5.69 Å². The van der Waals surface area contributed by atoms with Crippen molar-refractivity contribution < 1.29 is 0 Å². The molecule has 0 bridgehead atoms. The highest BCUT2D eigenvalue weighted by Gasteiger charge is 2.17. The molecule has 2 aromatic heterocycles. The maximum absolute atomic E-state index is 6.46. The summed E-state index contributed by atoms with van der Waals surface area (Å²) in [6.07, 6.45) is 0. The van der Waals surface area contributed by atoms with Gasteiger partial charge in [0.15, 0.2) is 5.65 Å². The SMILES string of the molecule is Cc1nc(-c2ccccc2Cl)n2c1nnc1ccc(-c3ccccc3Cl)cc12. The number of fused-ring (bicyclic) bond motifs is 3. The quantitative estimate of drug-likeness (QED) is 0.350. The first-order chi connectivity index (χ1) is 13.6. The number of imidazole rings is 1. The fourth-order valence-electron chi connectivity index (χ4n) is 3.44. The molecule has 0 saturated heterocycles. The molecule has 28 heavy (non-hydrogen) atoms. The summed E-state index contributed by atoms with van der Waals surface area (Å²) in [7, 11) is 0. The van der Waals surface area contributed by atoms with Gasteiger partial charge in [-0.2, -0.15) is 0 Å². The van der Waals surface area contributed by atoms with Crippen LogP contribution in [0.2, 0.25) is 10.0 Å². The normalized spacial score (nSPS) is 11.4. The van der Waals surface area contributed by atoms with E-state index in [9.17, 15) is 0 Å². The van der Waals surface area contributed by atoms with Crippen molar-refractivity contribution in [3.63, 3.8) is 0 Å². The monoisotopic (exact) mass is 404 g/mol. The van der Waals surface area contributed by atoms with E-state index in [0.717, 1.165) is 39.2 Å². The van der Waals surface area contributed by atoms with E-state index in [2.05, 4.69) is 16.3 Å². The first-order valence-corrected chi connectivity index (χ1v) is 9.54. The fraction of sp³-hybridized carbons (Fsp3) is 0.0455. The van der Waals surface area contributed by atoms with Crippen molar-refractivity contribution in [3.8, 4) is 22.5 Å². The molecule has 0 aliphatic carbocycles. The molecule has 3 aromatic carbocycles. The van der Waals surface area contributed by atoms with Gasteiger partial charge < -0.3 is 0 Å². The lowest BCUT2D eigenvalue weighted by atomic mass is 10.0. The predicted octanol–water partition coefficient (Wildman–Crippen LogP) is 6.23. The fourth-order valence-corrected chi connectivity index (χ4v) is 3.91. The number of hydrogen-bond acceptors (Lipinski definition) is 3. The zero-order valence-electron chi connectivity index (χ0n) is 14.9. The number of aromatic nitrogens is 4. The van der Waals surface area contributed by atoms with Crippen molar-refractivity contribution >= 4 is 39.9 Å². The van der Waals surface area contributed by atoms with Gasteiger partial charge in [0.25, 0.3) is 0 Å².